The molecule has 0 bridgehead atoms. The number of H-pyrrole nitrogens is 1. The molecular weight excluding hydrogens is 383 g/mol. The van der Waals surface area contributed by atoms with Crippen LogP contribution in [0.1, 0.15) is 43.7 Å². The van der Waals surface area contributed by atoms with Crippen LogP contribution in [0.3, 0.4) is 0 Å². The van der Waals surface area contributed by atoms with Gasteiger partial charge in [-0.15, -0.1) is 11.3 Å². The molecule has 0 aliphatic carbocycles. The zero-order valence-electron chi connectivity index (χ0n) is 15.1. The average Bonchev–Trinajstić information content (AvgIpc) is 2.89. The number of hydrogen-bond donors (Lipinski definition) is 1. The van der Waals surface area contributed by atoms with Crippen LogP contribution in [0.25, 0.3) is 10.2 Å². The minimum atomic E-state index is -4.39. The van der Waals surface area contributed by atoms with Crippen molar-refractivity contribution in [2.75, 3.05) is 6.54 Å². The van der Waals surface area contributed by atoms with Crippen LogP contribution in [0.15, 0.2) is 9.59 Å². The second-order valence-electron chi connectivity index (χ2n) is 7.14. The molecule has 1 unspecified atom stereocenters. The molecule has 1 amide bonds. The van der Waals surface area contributed by atoms with Crippen LogP contribution in [0.2, 0.25) is 0 Å². The first kappa shape index (κ1) is 19.7. The Morgan fingerprint density at radius 3 is 2.52 bits per heavy atom. The molecule has 0 saturated carbocycles. The van der Waals surface area contributed by atoms with E-state index < -0.39 is 30.1 Å². The smallest absolute Gasteiger partial charge is 0.337 e. The van der Waals surface area contributed by atoms with Crippen molar-refractivity contribution in [1.29, 1.82) is 0 Å². The molecule has 3 heterocycles. The normalized spacial score (nSPS) is 16.0. The van der Waals surface area contributed by atoms with Crippen LogP contribution in [0.4, 0.5) is 13.2 Å². The van der Waals surface area contributed by atoms with Crippen molar-refractivity contribution in [3.8, 4) is 0 Å². The van der Waals surface area contributed by atoms with Crippen LogP contribution >= 0.6 is 11.3 Å². The van der Waals surface area contributed by atoms with E-state index in [1.807, 2.05) is 0 Å². The highest BCUT2D eigenvalue weighted by atomic mass is 32.1. The van der Waals surface area contributed by atoms with Crippen molar-refractivity contribution in [2.24, 2.45) is 5.92 Å². The molecule has 1 aliphatic rings. The fourth-order valence-corrected chi connectivity index (χ4v) is 4.74. The first-order chi connectivity index (χ1) is 12.5. The number of carbonyl (C=O) groups is 1. The molecule has 3 rings (SSSR count). The molecule has 10 heteroatoms. The quantitative estimate of drug-likeness (QED) is 0.856. The maximum atomic E-state index is 12.7. The first-order valence-corrected chi connectivity index (χ1v) is 9.46. The molecule has 1 N–H and O–H groups in total. The molecule has 2 aromatic heterocycles. The second-order valence-corrected chi connectivity index (χ2v) is 8.24. The summed E-state index contributed by atoms with van der Waals surface area (Å²) in [5.41, 5.74) is -0.0857. The summed E-state index contributed by atoms with van der Waals surface area (Å²) in [5, 5.41) is 0.443. The molecule has 2 aromatic rings. The molecular formula is C17H20F3N3O3S. The monoisotopic (exact) mass is 403 g/mol. The second kappa shape index (κ2) is 6.81. The Hall–Kier alpha value is -2.10. The largest absolute Gasteiger partial charge is 0.389 e. The van der Waals surface area contributed by atoms with Gasteiger partial charge in [0, 0.05) is 23.4 Å². The lowest BCUT2D eigenvalue weighted by molar-refractivity contribution is -0.158. The number of rotatable bonds is 3. The fraction of sp³-hybridized carbons (Fsp3) is 0.588. The molecule has 0 aromatic carbocycles. The summed E-state index contributed by atoms with van der Waals surface area (Å²) in [6.07, 6.45) is -5.18. The van der Waals surface area contributed by atoms with E-state index in [2.05, 4.69) is 4.98 Å². The van der Waals surface area contributed by atoms with Crippen molar-refractivity contribution >= 4 is 27.5 Å². The van der Waals surface area contributed by atoms with Gasteiger partial charge in [0.05, 0.1) is 18.4 Å². The SMILES string of the molecule is CC(CC(F)(F)F)C(=O)N1CCc2c(sc3[nH]c(=O)n(C(C)C)c(=O)c23)C1. The van der Waals surface area contributed by atoms with E-state index in [1.54, 1.807) is 13.8 Å². The maximum absolute atomic E-state index is 12.7. The van der Waals surface area contributed by atoms with Gasteiger partial charge in [0.2, 0.25) is 5.91 Å². The first-order valence-electron chi connectivity index (χ1n) is 8.64. The highest BCUT2D eigenvalue weighted by molar-refractivity contribution is 7.18. The van der Waals surface area contributed by atoms with Gasteiger partial charge in [-0.05, 0) is 25.8 Å². The minimum Gasteiger partial charge on any atom is -0.337 e. The molecule has 6 nitrogen and oxygen atoms in total. The summed E-state index contributed by atoms with van der Waals surface area (Å²) in [6.45, 7) is 5.15. The number of thiophene rings is 1. The average molecular weight is 403 g/mol. The highest BCUT2D eigenvalue weighted by Gasteiger charge is 2.36. The van der Waals surface area contributed by atoms with Crippen molar-refractivity contribution < 1.29 is 18.0 Å². The zero-order chi connectivity index (χ0) is 20.1. The van der Waals surface area contributed by atoms with E-state index in [0.29, 0.717) is 16.6 Å². The zero-order valence-corrected chi connectivity index (χ0v) is 16.0. The Balaban J connectivity index is 1.95. The number of aromatic nitrogens is 2. The van der Waals surface area contributed by atoms with Gasteiger partial charge in [-0.1, -0.05) is 6.92 Å². The van der Waals surface area contributed by atoms with Gasteiger partial charge in [0.25, 0.3) is 5.56 Å². The third kappa shape index (κ3) is 3.67. The van der Waals surface area contributed by atoms with Gasteiger partial charge >= 0.3 is 11.9 Å². The summed E-state index contributed by atoms with van der Waals surface area (Å²) in [4.78, 5) is 42.6. The summed E-state index contributed by atoms with van der Waals surface area (Å²) >= 11 is 1.21. The van der Waals surface area contributed by atoms with E-state index >= 15 is 0 Å². The summed E-state index contributed by atoms with van der Waals surface area (Å²) in [5.74, 6) is -1.71. The number of fused-ring (bicyclic) bond motifs is 3. The summed E-state index contributed by atoms with van der Waals surface area (Å²) in [6, 6.07) is -0.300. The lowest BCUT2D eigenvalue weighted by atomic mass is 10.0. The number of amides is 1. The number of nitrogens with zero attached hydrogens (tertiary/aromatic N) is 2. The van der Waals surface area contributed by atoms with Gasteiger partial charge in [0.1, 0.15) is 4.83 Å². The molecule has 148 valence electrons. The predicted molar refractivity (Wildman–Crippen MR) is 96.0 cm³/mol. The van der Waals surface area contributed by atoms with E-state index in [-0.39, 0.29) is 24.7 Å². The van der Waals surface area contributed by atoms with E-state index in [9.17, 15) is 27.6 Å². The standard InChI is InChI=1S/C17H20F3N3O3S/c1-8(2)23-15(25)12-10-4-5-22(14(24)9(3)6-17(18,19)20)7-11(10)27-13(12)21-16(23)26/h8-9H,4-7H2,1-3H3,(H,21,26). The number of carbonyl (C=O) groups excluding carboxylic acids is 1. The third-order valence-electron chi connectivity index (χ3n) is 4.72. The molecule has 0 fully saturated rings. The Kier molecular flexibility index (Phi) is 4.96. The van der Waals surface area contributed by atoms with Gasteiger partial charge in [0.15, 0.2) is 0 Å². The molecule has 1 atom stereocenters. The van der Waals surface area contributed by atoms with E-state index in [1.165, 1.54) is 23.2 Å². The predicted octanol–water partition coefficient (Wildman–Crippen LogP) is 2.81. The van der Waals surface area contributed by atoms with Gasteiger partial charge in [-0.2, -0.15) is 13.2 Å². The number of halogens is 3. The Bertz CT molecular complexity index is 1000. The Morgan fingerprint density at radius 2 is 1.93 bits per heavy atom. The number of aromatic amines is 1. The Morgan fingerprint density at radius 1 is 1.26 bits per heavy atom. The fourth-order valence-electron chi connectivity index (χ4n) is 3.49. The van der Waals surface area contributed by atoms with Crippen LogP contribution in [0.5, 0.6) is 0 Å². The third-order valence-corrected chi connectivity index (χ3v) is 5.85. The summed E-state index contributed by atoms with van der Waals surface area (Å²) in [7, 11) is 0. The number of nitrogens with one attached hydrogen (secondary N) is 1. The highest BCUT2D eigenvalue weighted by Crippen LogP contribution is 2.33. The van der Waals surface area contributed by atoms with Crippen molar-refractivity contribution in [1.82, 2.24) is 14.5 Å². The maximum Gasteiger partial charge on any atom is 0.389 e. The number of alkyl halides is 3. The van der Waals surface area contributed by atoms with Crippen LogP contribution in [-0.4, -0.2) is 33.1 Å². The lowest BCUT2D eigenvalue weighted by Crippen LogP contribution is -2.40. The van der Waals surface area contributed by atoms with Gasteiger partial charge < -0.3 is 4.90 Å². The number of hydrogen-bond acceptors (Lipinski definition) is 4. The van der Waals surface area contributed by atoms with Crippen molar-refractivity contribution in [3.05, 3.63) is 31.3 Å². The van der Waals surface area contributed by atoms with Gasteiger partial charge in [-0.25, -0.2) is 4.79 Å². The topological polar surface area (TPSA) is 75.2 Å². The van der Waals surface area contributed by atoms with Crippen molar-refractivity contribution in [2.45, 2.75) is 52.4 Å². The van der Waals surface area contributed by atoms with E-state index in [4.69, 9.17) is 0 Å². The van der Waals surface area contributed by atoms with Gasteiger partial charge in [-0.3, -0.25) is 19.1 Å². The van der Waals surface area contributed by atoms with Crippen LogP contribution in [-0.2, 0) is 17.8 Å². The molecule has 0 spiro atoms. The van der Waals surface area contributed by atoms with Crippen LogP contribution in [0, 0.1) is 5.92 Å². The molecule has 1 aliphatic heterocycles. The Labute approximate surface area is 156 Å². The molecule has 0 saturated heterocycles. The van der Waals surface area contributed by atoms with E-state index in [0.717, 1.165) is 15.0 Å². The van der Waals surface area contributed by atoms with Crippen molar-refractivity contribution in [3.63, 3.8) is 0 Å². The summed E-state index contributed by atoms with van der Waals surface area (Å²) < 4.78 is 38.8. The molecule has 27 heavy (non-hydrogen) atoms. The minimum absolute atomic E-state index is 0.152. The molecule has 0 radical (unpaired) electrons. The van der Waals surface area contributed by atoms with Crippen LogP contribution < -0.4 is 11.2 Å². The lowest BCUT2D eigenvalue weighted by Gasteiger charge is -2.29.